The second kappa shape index (κ2) is 14.8. The Morgan fingerprint density at radius 1 is 0.269 bits per heavy atom. The number of anilines is 4. The van der Waals surface area contributed by atoms with E-state index in [9.17, 15) is 0 Å². The van der Waals surface area contributed by atoms with Crippen molar-refractivity contribution in [1.82, 2.24) is 0 Å². The molecule has 1 spiro atoms. The van der Waals surface area contributed by atoms with Crippen molar-refractivity contribution >= 4 is 46.3 Å². The molecular formula is C63H42N2S2. The minimum Gasteiger partial charge on any atom is -0.343 e. The van der Waals surface area contributed by atoms with E-state index in [-0.39, 0.29) is 0 Å². The maximum Gasteiger partial charge on any atom is 0.0725 e. The van der Waals surface area contributed by atoms with Crippen molar-refractivity contribution in [2.45, 2.75) is 25.0 Å². The lowest BCUT2D eigenvalue weighted by molar-refractivity contribution is 0.794. The lowest BCUT2D eigenvalue weighted by Crippen LogP contribution is -2.26. The van der Waals surface area contributed by atoms with E-state index in [2.05, 4.69) is 242 Å². The van der Waals surface area contributed by atoms with Crippen molar-refractivity contribution in [3.05, 3.63) is 241 Å². The minimum atomic E-state index is -0.457. The Morgan fingerprint density at radius 3 is 1.01 bits per heavy atom. The highest BCUT2D eigenvalue weighted by Crippen LogP contribution is 2.63. The number of nitrogens with zero attached hydrogens (tertiary/aromatic N) is 2. The molecule has 0 N–H and O–H groups in total. The largest absolute Gasteiger partial charge is 0.343 e. The molecule has 0 atom stereocenters. The summed E-state index contributed by atoms with van der Waals surface area (Å²) in [7, 11) is 4.35. The standard InChI is InChI=1S/C63H42N2S2/c1-64-55-15-7-9-17-59(55)66-61-33-29-45(37-57(61)64)41-23-19-39(20-24-41)43-27-31-49-50-32-28-44(36-54(50)63(53(49)35-43)51-13-5-3-11-47(51)48-12-4-6-14-52(48)63)40-21-25-42(26-22-40)46-30-34-62-58(38-46)65(2)56-16-8-10-18-60(56)67-62/h3-38H,1-2H3. The van der Waals surface area contributed by atoms with Crippen LogP contribution in [0.2, 0.25) is 0 Å². The van der Waals surface area contributed by atoms with E-state index in [1.807, 2.05) is 23.5 Å². The van der Waals surface area contributed by atoms with Gasteiger partial charge in [0.2, 0.25) is 0 Å². The molecule has 10 aromatic carbocycles. The van der Waals surface area contributed by atoms with Crippen molar-refractivity contribution in [3.8, 4) is 66.8 Å². The third-order valence-electron chi connectivity index (χ3n) is 14.7. The summed E-state index contributed by atoms with van der Waals surface area (Å²) in [4.78, 5) is 9.82. The summed E-state index contributed by atoms with van der Waals surface area (Å²) in [6, 6.07) is 82.1. The van der Waals surface area contributed by atoms with Crippen LogP contribution in [0.15, 0.2) is 238 Å². The van der Waals surface area contributed by atoms with Crippen LogP contribution in [0, 0.1) is 0 Å². The van der Waals surface area contributed by atoms with Gasteiger partial charge in [0.15, 0.2) is 0 Å². The first kappa shape index (κ1) is 38.7. The van der Waals surface area contributed by atoms with Crippen molar-refractivity contribution < 1.29 is 0 Å². The van der Waals surface area contributed by atoms with E-state index in [4.69, 9.17) is 0 Å². The fourth-order valence-corrected chi connectivity index (χ4v) is 13.7. The molecule has 2 aliphatic carbocycles. The van der Waals surface area contributed by atoms with Gasteiger partial charge in [-0.25, -0.2) is 0 Å². The van der Waals surface area contributed by atoms with Gasteiger partial charge in [-0.15, -0.1) is 0 Å². The molecule has 0 saturated carbocycles. The maximum atomic E-state index is 2.49. The van der Waals surface area contributed by atoms with E-state index in [0.717, 1.165) is 0 Å². The van der Waals surface area contributed by atoms with Gasteiger partial charge in [-0.3, -0.25) is 0 Å². The minimum absolute atomic E-state index is 0.457. The van der Waals surface area contributed by atoms with Gasteiger partial charge >= 0.3 is 0 Å². The topological polar surface area (TPSA) is 6.48 Å². The molecule has 0 radical (unpaired) electrons. The smallest absolute Gasteiger partial charge is 0.0725 e. The normalized spacial score (nSPS) is 14.1. The fraction of sp³-hybridized carbons (Fsp3) is 0.0476. The summed E-state index contributed by atoms with van der Waals surface area (Å²) < 4.78 is 0. The Labute approximate surface area is 400 Å². The molecule has 0 aromatic heterocycles. The summed E-state index contributed by atoms with van der Waals surface area (Å²) in [6.07, 6.45) is 0. The lowest BCUT2D eigenvalue weighted by atomic mass is 9.70. The van der Waals surface area contributed by atoms with E-state index >= 15 is 0 Å². The molecule has 0 bridgehead atoms. The van der Waals surface area contributed by atoms with Crippen molar-refractivity contribution in [3.63, 3.8) is 0 Å². The summed E-state index contributed by atoms with van der Waals surface area (Å²) in [5, 5.41) is 0. The van der Waals surface area contributed by atoms with Crippen LogP contribution in [0.3, 0.4) is 0 Å². The summed E-state index contributed by atoms with van der Waals surface area (Å²) >= 11 is 3.70. The molecule has 10 aromatic rings. The Balaban J connectivity index is 0.837. The van der Waals surface area contributed by atoms with Gasteiger partial charge in [-0.1, -0.05) is 181 Å². The Morgan fingerprint density at radius 2 is 0.582 bits per heavy atom. The molecule has 0 fully saturated rings. The zero-order valence-corrected chi connectivity index (χ0v) is 38.6. The number of benzene rings is 10. The molecule has 67 heavy (non-hydrogen) atoms. The number of hydrogen-bond donors (Lipinski definition) is 0. The van der Waals surface area contributed by atoms with Crippen LogP contribution in [0.4, 0.5) is 22.7 Å². The first-order valence-corrected chi connectivity index (χ1v) is 24.6. The highest BCUT2D eigenvalue weighted by Gasteiger charge is 2.51. The average Bonchev–Trinajstić information content (AvgIpc) is 3.85. The highest BCUT2D eigenvalue weighted by atomic mass is 32.2. The quantitative estimate of drug-likeness (QED) is 0.174. The molecule has 4 aliphatic rings. The third kappa shape index (κ3) is 5.73. The van der Waals surface area contributed by atoms with Gasteiger partial charge in [-0.2, -0.15) is 0 Å². The fourth-order valence-electron chi connectivity index (χ4n) is 11.4. The molecule has 316 valence electrons. The number of fused-ring (bicyclic) bond motifs is 14. The Kier molecular flexibility index (Phi) is 8.53. The molecule has 4 heteroatoms. The van der Waals surface area contributed by atoms with Crippen LogP contribution in [0.25, 0.3) is 66.8 Å². The molecule has 2 aliphatic heterocycles. The molecule has 2 nitrogen and oxygen atoms in total. The van der Waals surface area contributed by atoms with Gasteiger partial charge in [0, 0.05) is 33.7 Å². The number of para-hydroxylation sites is 2. The molecular weight excluding hydrogens is 849 g/mol. The molecule has 0 saturated heterocycles. The SMILES string of the molecule is CN1c2ccccc2Sc2ccc(-c3ccc(-c4ccc5c(c4)C4(c6ccccc6-c6ccccc64)c4cc(-c6ccc(-c7ccc8c(c7)N(C)c7ccccc7S8)cc6)ccc4-5)cc3)cc21. The van der Waals surface area contributed by atoms with E-state index < -0.39 is 5.41 Å². The van der Waals surface area contributed by atoms with E-state index in [1.54, 1.807) is 0 Å². The van der Waals surface area contributed by atoms with Crippen LogP contribution in [0.5, 0.6) is 0 Å². The lowest BCUT2D eigenvalue weighted by Gasteiger charge is -2.31. The van der Waals surface area contributed by atoms with Gasteiger partial charge in [0.1, 0.15) is 0 Å². The van der Waals surface area contributed by atoms with Crippen LogP contribution >= 0.6 is 23.5 Å². The van der Waals surface area contributed by atoms with Crippen LogP contribution in [-0.4, -0.2) is 14.1 Å². The summed E-state index contributed by atoms with van der Waals surface area (Å²) in [5.41, 5.74) is 25.0. The Hall–Kier alpha value is -7.50. The molecule has 0 unspecified atom stereocenters. The van der Waals surface area contributed by atoms with Crippen LogP contribution < -0.4 is 9.80 Å². The predicted octanol–water partition coefficient (Wildman–Crippen LogP) is 17.2. The molecule has 14 rings (SSSR count). The van der Waals surface area contributed by atoms with Gasteiger partial charge in [-0.05, 0) is 150 Å². The third-order valence-corrected chi connectivity index (χ3v) is 17.0. The van der Waals surface area contributed by atoms with Crippen LogP contribution in [0.1, 0.15) is 22.3 Å². The molecule has 2 heterocycles. The summed E-state index contributed by atoms with van der Waals surface area (Å²) in [6.45, 7) is 0. The van der Waals surface area contributed by atoms with E-state index in [1.165, 1.54) is 131 Å². The van der Waals surface area contributed by atoms with Gasteiger partial charge in [0.25, 0.3) is 0 Å². The first-order valence-electron chi connectivity index (χ1n) is 23.0. The second-order valence-electron chi connectivity index (χ2n) is 18.1. The zero-order valence-electron chi connectivity index (χ0n) is 37.0. The van der Waals surface area contributed by atoms with Gasteiger partial charge < -0.3 is 9.80 Å². The average molecular weight is 891 g/mol. The summed E-state index contributed by atoms with van der Waals surface area (Å²) in [5.74, 6) is 0. The monoisotopic (exact) mass is 890 g/mol. The zero-order chi connectivity index (χ0) is 44.4. The first-order chi connectivity index (χ1) is 33.0. The van der Waals surface area contributed by atoms with Gasteiger partial charge in [0.05, 0.1) is 28.2 Å². The maximum absolute atomic E-state index is 2.49. The highest BCUT2D eigenvalue weighted by molar-refractivity contribution is 8.00. The number of rotatable bonds is 4. The number of hydrogen-bond acceptors (Lipinski definition) is 4. The van der Waals surface area contributed by atoms with Crippen molar-refractivity contribution in [2.24, 2.45) is 0 Å². The Bertz CT molecular complexity index is 3440. The van der Waals surface area contributed by atoms with Crippen molar-refractivity contribution in [2.75, 3.05) is 23.9 Å². The predicted molar refractivity (Wildman–Crippen MR) is 282 cm³/mol. The molecule has 0 amide bonds. The van der Waals surface area contributed by atoms with Crippen molar-refractivity contribution in [1.29, 1.82) is 0 Å². The second-order valence-corrected chi connectivity index (χ2v) is 20.3. The van der Waals surface area contributed by atoms with Crippen LogP contribution in [-0.2, 0) is 5.41 Å². The van der Waals surface area contributed by atoms with E-state index in [0.29, 0.717) is 0 Å².